The van der Waals surface area contributed by atoms with Gasteiger partial charge in [-0.2, -0.15) is 5.10 Å². The molecular formula is C11H11ClN4O2. The highest BCUT2D eigenvalue weighted by atomic mass is 35.5. The average Bonchev–Trinajstić information content (AvgIpc) is 2.78. The number of esters is 1. The summed E-state index contributed by atoms with van der Waals surface area (Å²) in [5, 5.41) is 6.82. The smallest absolute Gasteiger partial charge is 0.375 e. The minimum atomic E-state index is -0.568. The third kappa shape index (κ3) is 2.28. The van der Waals surface area contributed by atoms with Crippen molar-refractivity contribution in [2.75, 3.05) is 12.3 Å². The SMILES string of the molecule is CCOC(=O)c1nc(-c2c(N)cccc2Cl)n[nH]1. The van der Waals surface area contributed by atoms with E-state index in [9.17, 15) is 4.79 Å². The molecule has 6 nitrogen and oxygen atoms in total. The number of nitrogens with two attached hydrogens (primary N) is 1. The van der Waals surface area contributed by atoms with Crippen molar-refractivity contribution in [2.45, 2.75) is 6.92 Å². The standard InChI is InChI=1S/C11H11ClN4O2/c1-2-18-11(17)10-14-9(15-16-10)8-6(12)4-3-5-7(8)13/h3-5H,2,13H2,1H3,(H,14,15,16). The maximum absolute atomic E-state index is 11.4. The number of halogens is 1. The number of hydrogen-bond acceptors (Lipinski definition) is 5. The summed E-state index contributed by atoms with van der Waals surface area (Å²) in [5.41, 5.74) is 6.74. The zero-order valence-corrected chi connectivity index (χ0v) is 10.4. The molecule has 0 bridgehead atoms. The van der Waals surface area contributed by atoms with E-state index in [4.69, 9.17) is 22.1 Å². The number of aromatic nitrogens is 3. The van der Waals surface area contributed by atoms with Gasteiger partial charge in [0.15, 0.2) is 5.82 Å². The molecule has 0 aliphatic heterocycles. The van der Waals surface area contributed by atoms with Crippen molar-refractivity contribution in [3.8, 4) is 11.4 Å². The number of benzene rings is 1. The number of rotatable bonds is 3. The van der Waals surface area contributed by atoms with Crippen molar-refractivity contribution in [1.29, 1.82) is 0 Å². The molecule has 1 aromatic heterocycles. The van der Waals surface area contributed by atoms with E-state index in [2.05, 4.69) is 15.2 Å². The fourth-order valence-corrected chi connectivity index (χ4v) is 1.71. The highest BCUT2D eigenvalue weighted by Crippen LogP contribution is 2.30. The number of nitrogens with zero attached hydrogens (tertiary/aromatic N) is 2. The van der Waals surface area contributed by atoms with Crippen LogP contribution in [0.1, 0.15) is 17.5 Å². The van der Waals surface area contributed by atoms with Gasteiger partial charge >= 0.3 is 5.97 Å². The van der Waals surface area contributed by atoms with Gasteiger partial charge in [-0.15, -0.1) is 0 Å². The zero-order valence-electron chi connectivity index (χ0n) is 9.61. The van der Waals surface area contributed by atoms with Gasteiger partial charge in [0.1, 0.15) is 0 Å². The summed E-state index contributed by atoms with van der Waals surface area (Å²) in [5.74, 6) is -0.283. The van der Waals surface area contributed by atoms with Crippen molar-refractivity contribution >= 4 is 23.3 Å². The number of H-pyrrole nitrogens is 1. The largest absolute Gasteiger partial charge is 0.460 e. The first kappa shape index (κ1) is 12.4. The molecule has 0 spiro atoms. The van der Waals surface area contributed by atoms with E-state index >= 15 is 0 Å². The lowest BCUT2D eigenvalue weighted by atomic mass is 10.2. The zero-order chi connectivity index (χ0) is 13.1. The molecule has 0 aliphatic carbocycles. The topological polar surface area (TPSA) is 93.9 Å². The van der Waals surface area contributed by atoms with Gasteiger partial charge in [-0.1, -0.05) is 17.7 Å². The highest BCUT2D eigenvalue weighted by molar-refractivity contribution is 6.33. The number of carbonyl (C=O) groups is 1. The van der Waals surface area contributed by atoms with Gasteiger partial charge in [-0.3, -0.25) is 5.10 Å². The van der Waals surface area contributed by atoms with Crippen LogP contribution in [0.15, 0.2) is 18.2 Å². The normalized spacial score (nSPS) is 10.3. The van der Waals surface area contributed by atoms with Gasteiger partial charge in [0.05, 0.1) is 17.2 Å². The Morgan fingerprint density at radius 1 is 1.56 bits per heavy atom. The lowest BCUT2D eigenvalue weighted by Gasteiger charge is -2.02. The Morgan fingerprint density at radius 3 is 3.00 bits per heavy atom. The Kier molecular flexibility index (Phi) is 3.47. The number of nitrogens with one attached hydrogen (secondary N) is 1. The average molecular weight is 267 g/mol. The van der Waals surface area contributed by atoms with Crippen molar-refractivity contribution in [3.63, 3.8) is 0 Å². The van der Waals surface area contributed by atoms with Crippen LogP contribution >= 0.6 is 11.6 Å². The first-order chi connectivity index (χ1) is 8.63. The fourth-order valence-electron chi connectivity index (χ4n) is 1.44. The summed E-state index contributed by atoms with van der Waals surface area (Å²) >= 11 is 6.02. The van der Waals surface area contributed by atoms with E-state index in [1.54, 1.807) is 25.1 Å². The summed E-state index contributed by atoms with van der Waals surface area (Å²) in [4.78, 5) is 15.5. The van der Waals surface area contributed by atoms with Crippen LogP contribution in [0.2, 0.25) is 5.02 Å². The van der Waals surface area contributed by atoms with Crippen LogP contribution in [0.4, 0.5) is 5.69 Å². The van der Waals surface area contributed by atoms with Gasteiger partial charge in [-0.05, 0) is 19.1 Å². The number of anilines is 1. The number of carbonyl (C=O) groups excluding carboxylic acids is 1. The Morgan fingerprint density at radius 2 is 2.33 bits per heavy atom. The van der Waals surface area contributed by atoms with Crippen molar-refractivity contribution < 1.29 is 9.53 Å². The molecular weight excluding hydrogens is 256 g/mol. The van der Waals surface area contributed by atoms with E-state index in [1.165, 1.54) is 0 Å². The van der Waals surface area contributed by atoms with Crippen LogP contribution in [0, 0.1) is 0 Å². The summed E-state index contributed by atoms with van der Waals surface area (Å²) in [6.07, 6.45) is 0. The Hall–Kier alpha value is -2.08. The van der Waals surface area contributed by atoms with E-state index in [-0.39, 0.29) is 18.3 Å². The highest BCUT2D eigenvalue weighted by Gasteiger charge is 2.17. The first-order valence-corrected chi connectivity index (χ1v) is 5.65. The van der Waals surface area contributed by atoms with E-state index in [0.29, 0.717) is 16.3 Å². The van der Waals surface area contributed by atoms with E-state index < -0.39 is 5.97 Å². The summed E-state index contributed by atoms with van der Waals surface area (Å²) in [7, 11) is 0. The third-order valence-electron chi connectivity index (χ3n) is 2.22. The molecule has 0 saturated carbocycles. The maximum Gasteiger partial charge on any atom is 0.375 e. The monoisotopic (exact) mass is 266 g/mol. The predicted octanol–water partition coefficient (Wildman–Crippen LogP) is 1.88. The quantitative estimate of drug-likeness (QED) is 0.653. The number of ether oxygens (including phenoxy) is 1. The predicted molar refractivity (Wildman–Crippen MR) is 67.2 cm³/mol. The molecule has 0 saturated heterocycles. The van der Waals surface area contributed by atoms with Gasteiger partial charge in [-0.25, -0.2) is 9.78 Å². The molecule has 2 aromatic rings. The Balaban J connectivity index is 2.38. The van der Waals surface area contributed by atoms with Crippen LogP contribution in [0.5, 0.6) is 0 Å². The van der Waals surface area contributed by atoms with Gasteiger partial charge in [0.2, 0.25) is 5.82 Å². The van der Waals surface area contributed by atoms with E-state index in [1.807, 2.05) is 0 Å². The van der Waals surface area contributed by atoms with Gasteiger partial charge in [0, 0.05) is 5.69 Å². The Labute approximate surface area is 108 Å². The van der Waals surface area contributed by atoms with Crippen LogP contribution in [-0.2, 0) is 4.74 Å². The molecule has 94 valence electrons. The van der Waals surface area contributed by atoms with Gasteiger partial charge < -0.3 is 10.5 Å². The molecule has 0 unspecified atom stereocenters. The van der Waals surface area contributed by atoms with Crippen molar-refractivity contribution in [1.82, 2.24) is 15.2 Å². The second-order valence-corrected chi connectivity index (χ2v) is 3.84. The van der Waals surface area contributed by atoms with Crippen LogP contribution in [0.25, 0.3) is 11.4 Å². The maximum atomic E-state index is 11.4. The van der Waals surface area contributed by atoms with Crippen LogP contribution in [-0.4, -0.2) is 27.8 Å². The molecule has 0 atom stereocenters. The molecule has 7 heteroatoms. The van der Waals surface area contributed by atoms with E-state index in [0.717, 1.165) is 0 Å². The summed E-state index contributed by atoms with van der Waals surface area (Å²) < 4.78 is 4.80. The fraction of sp³-hybridized carbons (Fsp3) is 0.182. The second kappa shape index (κ2) is 5.05. The molecule has 0 aliphatic rings. The third-order valence-corrected chi connectivity index (χ3v) is 2.54. The molecule has 18 heavy (non-hydrogen) atoms. The molecule has 1 aromatic carbocycles. The van der Waals surface area contributed by atoms with Crippen LogP contribution in [0.3, 0.4) is 0 Å². The lowest BCUT2D eigenvalue weighted by Crippen LogP contribution is -2.06. The summed E-state index contributed by atoms with van der Waals surface area (Å²) in [6.45, 7) is 1.98. The second-order valence-electron chi connectivity index (χ2n) is 3.43. The summed E-state index contributed by atoms with van der Waals surface area (Å²) in [6, 6.07) is 5.08. The minimum absolute atomic E-state index is 0.0196. The number of nitrogen functional groups attached to an aromatic ring is 1. The van der Waals surface area contributed by atoms with Crippen LogP contribution < -0.4 is 5.73 Å². The first-order valence-electron chi connectivity index (χ1n) is 5.27. The molecule has 3 N–H and O–H groups in total. The number of aromatic amines is 1. The van der Waals surface area contributed by atoms with Crippen molar-refractivity contribution in [2.24, 2.45) is 0 Å². The Bertz CT molecular complexity index is 562. The molecule has 0 fully saturated rings. The van der Waals surface area contributed by atoms with Gasteiger partial charge in [0.25, 0.3) is 0 Å². The molecule has 1 heterocycles. The lowest BCUT2D eigenvalue weighted by molar-refractivity contribution is 0.0512. The molecule has 0 amide bonds. The minimum Gasteiger partial charge on any atom is -0.460 e. The van der Waals surface area contributed by atoms with Crippen molar-refractivity contribution in [3.05, 3.63) is 29.0 Å². The number of hydrogen-bond donors (Lipinski definition) is 2. The molecule has 0 radical (unpaired) electrons. The molecule has 2 rings (SSSR count).